The molecule has 4 N–H and O–H groups in total. The van der Waals surface area contributed by atoms with Crippen LogP contribution in [0.15, 0.2) is 30.7 Å². The van der Waals surface area contributed by atoms with Gasteiger partial charge in [0.25, 0.3) is 0 Å². The minimum absolute atomic E-state index is 0.127. The second kappa shape index (κ2) is 6.01. The molecule has 0 aromatic heterocycles. The lowest BCUT2D eigenvalue weighted by atomic mass is 10.0. The van der Waals surface area contributed by atoms with Crippen LogP contribution in [-0.2, 0) is 0 Å². The Hall–Kier alpha value is -0.270. The molecule has 1 saturated carbocycles. The number of anilines is 1. The number of benzene rings is 1. The van der Waals surface area contributed by atoms with Crippen molar-refractivity contribution in [2.45, 2.75) is 19.3 Å². The van der Waals surface area contributed by atoms with Crippen LogP contribution in [0.3, 0.4) is 0 Å². The Balaban J connectivity index is 2.04. The summed E-state index contributed by atoms with van der Waals surface area (Å²) in [4.78, 5) is 0. The normalized spacial score (nSPS) is 17.3. The molecule has 0 heterocycles. The Morgan fingerprint density at radius 2 is 1.89 bits per heavy atom. The van der Waals surface area contributed by atoms with Crippen LogP contribution in [-0.4, -0.2) is 17.6 Å². The van der Waals surface area contributed by atoms with E-state index in [0.29, 0.717) is 12.3 Å². The monoisotopic (exact) mass is 453 g/mol. The van der Waals surface area contributed by atoms with Crippen molar-refractivity contribution in [1.82, 2.24) is 0 Å². The molecule has 7 heteroatoms. The summed E-state index contributed by atoms with van der Waals surface area (Å²) in [6.45, 7) is 0.808. The fourth-order valence-corrected chi connectivity index (χ4v) is 4.54. The van der Waals surface area contributed by atoms with Crippen LogP contribution >= 0.6 is 47.8 Å². The van der Waals surface area contributed by atoms with Gasteiger partial charge in [-0.15, -0.1) is 0 Å². The van der Waals surface area contributed by atoms with E-state index in [0.717, 1.165) is 38.5 Å². The van der Waals surface area contributed by atoms with Gasteiger partial charge >= 0.3 is 0 Å². The third-order valence-corrected chi connectivity index (χ3v) is 5.00. The van der Waals surface area contributed by atoms with Crippen molar-refractivity contribution < 1.29 is 5.21 Å². The van der Waals surface area contributed by atoms with Gasteiger partial charge in [0.2, 0.25) is 0 Å². The van der Waals surface area contributed by atoms with Gasteiger partial charge in [-0.1, -0.05) is 21.1 Å². The van der Waals surface area contributed by atoms with E-state index in [1.165, 1.54) is 0 Å². The molecule has 0 radical (unpaired) electrons. The number of nitrogens with zero attached hydrogens (tertiary/aromatic N) is 1. The number of amidine groups is 1. The first-order valence-electron chi connectivity index (χ1n) is 5.81. The summed E-state index contributed by atoms with van der Waals surface area (Å²) in [7, 11) is 0. The second-order valence-electron chi connectivity index (χ2n) is 4.87. The smallest absolute Gasteiger partial charge is 0.139 e. The lowest BCUT2D eigenvalue weighted by Crippen LogP contribution is -2.23. The minimum atomic E-state index is 0.127. The van der Waals surface area contributed by atoms with Crippen molar-refractivity contribution in [1.29, 1.82) is 0 Å². The van der Waals surface area contributed by atoms with Gasteiger partial charge in [-0.2, -0.15) is 0 Å². The van der Waals surface area contributed by atoms with Crippen molar-refractivity contribution >= 4 is 59.3 Å². The van der Waals surface area contributed by atoms with Crippen LogP contribution in [0.5, 0.6) is 0 Å². The van der Waals surface area contributed by atoms with Crippen LogP contribution < -0.4 is 11.1 Å². The van der Waals surface area contributed by atoms with Crippen molar-refractivity contribution in [3.63, 3.8) is 0 Å². The van der Waals surface area contributed by atoms with E-state index in [4.69, 9.17) is 10.9 Å². The van der Waals surface area contributed by atoms with Gasteiger partial charge in [0.1, 0.15) is 5.84 Å². The van der Waals surface area contributed by atoms with E-state index in [-0.39, 0.29) is 5.41 Å². The lowest BCUT2D eigenvalue weighted by molar-refractivity contribution is 0.315. The van der Waals surface area contributed by atoms with Crippen molar-refractivity contribution in [3.05, 3.63) is 25.6 Å². The third kappa shape index (κ3) is 3.86. The molecule has 1 fully saturated rings. The highest BCUT2D eigenvalue weighted by atomic mass is 79.9. The molecule has 0 amide bonds. The summed E-state index contributed by atoms with van der Waals surface area (Å²) >= 11 is 10.5. The molecule has 2 rings (SSSR count). The van der Waals surface area contributed by atoms with Crippen LogP contribution in [0.1, 0.15) is 19.3 Å². The first kappa shape index (κ1) is 15.1. The van der Waals surface area contributed by atoms with E-state index in [9.17, 15) is 0 Å². The molecule has 1 aliphatic carbocycles. The maximum Gasteiger partial charge on any atom is 0.139 e. The quantitative estimate of drug-likeness (QED) is 0.268. The number of halogens is 3. The predicted octanol–water partition coefficient (Wildman–Crippen LogP) is 4.30. The van der Waals surface area contributed by atoms with Crippen molar-refractivity contribution in [3.8, 4) is 0 Å². The molecule has 0 aliphatic heterocycles. The minimum Gasteiger partial charge on any atom is -0.409 e. The highest BCUT2D eigenvalue weighted by Gasteiger charge is 2.43. The molecule has 0 saturated heterocycles. The molecule has 0 atom stereocenters. The van der Waals surface area contributed by atoms with Gasteiger partial charge in [-0.25, -0.2) is 0 Å². The number of hydrogen-bond acceptors (Lipinski definition) is 3. The molecular weight excluding hydrogens is 442 g/mol. The molecule has 4 nitrogen and oxygen atoms in total. The van der Waals surface area contributed by atoms with Crippen LogP contribution in [0, 0.1) is 5.41 Å². The number of hydrogen-bond donors (Lipinski definition) is 3. The largest absolute Gasteiger partial charge is 0.409 e. The average molecular weight is 456 g/mol. The van der Waals surface area contributed by atoms with E-state index < -0.39 is 0 Å². The Morgan fingerprint density at radius 1 is 1.32 bits per heavy atom. The fourth-order valence-electron chi connectivity index (χ4n) is 2.00. The van der Waals surface area contributed by atoms with E-state index >= 15 is 0 Å². The maximum absolute atomic E-state index is 8.65. The first-order chi connectivity index (χ1) is 8.96. The zero-order valence-electron chi connectivity index (χ0n) is 10.1. The average Bonchev–Trinajstić information content (AvgIpc) is 3.07. The molecule has 1 aliphatic rings. The van der Waals surface area contributed by atoms with Crippen molar-refractivity contribution in [2.24, 2.45) is 16.3 Å². The highest BCUT2D eigenvalue weighted by Crippen LogP contribution is 2.49. The van der Waals surface area contributed by atoms with E-state index in [1.54, 1.807) is 0 Å². The van der Waals surface area contributed by atoms with Crippen molar-refractivity contribution in [2.75, 3.05) is 11.9 Å². The summed E-state index contributed by atoms with van der Waals surface area (Å²) in [5.41, 5.74) is 6.74. The maximum atomic E-state index is 8.65. The zero-order chi connectivity index (χ0) is 14.0. The molecule has 104 valence electrons. The Bertz CT molecular complexity index is 492. The molecular formula is C12H14Br3N3O. The van der Waals surface area contributed by atoms with Gasteiger partial charge in [0.15, 0.2) is 0 Å². The van der Waals surface area contributed by atoms with Gasteiger partial charge in [0, 0.05) is 26.4 Å². The molecule has 0 bridgehead atoms. The molecule has 0 spiro atoms. The van der Waals surface area contributed by atoms with Crippen LogP contribution in [0.4, 0.5) is 5.69 Å². The fraction of sp³-hybridized carbons (Fsp3) is 0.417. The SMILES string of the molecule is NC(CC1(CNc2c(Br)cc(Br)cc2Br)CC1)=NO. The number of oxime groups is 1. The van der Waals surface area contributed by atoms with Gasteiger partial charge in [-0.3, -0.25) is 0 Å². The summed E-state index contributed by atoms with van der Waals surface area (Å²) in [6.07, 6.45) is 2.83. The summed E-state index contributed by atoms with van der Waals surface area (Å²) in [5, 5.41) is 15.1. The van der Waals surface area contributed by atoms with E-state index in [1.807, 2.05) is 12.1 Å². The van der Waals surface area contributed by atoms with E-state index in [2.05, 4.69) is 58.3 Å². The number of nitrogens with two attached hydrogens (primary N) is 1. The Labute approximate surface area is 137 Å². The summed E-state index contributed by atoms with van der Waals surface area (Å²) in [5.74, 6) is 0.299. The summed E-state index contributed by atoms with van der Waals surface area (Å²) in [6, 6.07) is 3.99. The Morgan fingerprint density at radius 3 is 2.37 bits per heavy atom. The second-order valence-corrected chi connectivity index (χ2v) is 7.49. The molecule has 19 heavy (non-hydrogen) atoms. The molecule has 1 aromatic rings. The predicted molar refractivity (Wildman–Crippen MR) is 87.7 cm³/mol. The van der Waals surface area contributed by atoms with Gasteiger partial charge in [0.05, 0.1) is 5.69 Å². The topological polar surface area (TPSA) is 70.6 Å². The van der Waals surface area contributed by atoms with Gasteiger partial charge in [-0.05, 0) is 62.2 Å². The standard InChI is InChI=1S/C12H14Br3N3O/c13-7-3-8(14)11(9(15)4-7)17-6-12(1-2-12)5-10(16)18-19/h3-4,17,19H,1-2,5-6H2,(H2,16,18). The molecule has 0 unspecified atom stereocenters. The lowest BCUT2D eigenvalue weighted by Gasteiger charge is -2.18. The van der Waals surface area contributed by atoms with Gasteiger partial charge < -0.3 is 16.3 Å². The number of nitrogens with one attached hydrogen (secondary N) is 1. The highest BCUT2D eigenvalue weighted by molar-refractivity contribution is 9.11. The first-order valence-corrected chi connectivity index (χ1v) is 8.18. The van der Waals surface area contributed by atoms with Crippen LogP contribution in [0.2, 0.25) is 0 Å². The third-order valence-electron chi connectivity index (χ3n) is 3.29. The molecule has 1 aromatic carbocycles. The van der Waals surface area contributed by atoms with Crippen LogP contribution in [0.25, 0.3) is 0 Å². The Kier molecular flexibility index (Phi) is 4.79. The zero-order valence-corrected chi connectivity index (χ0v) is 14.8. The number of rotatable bonds is 5. The summed E-state index contributed by atoms with van der Waals surface area (Å²) < 4.78 is 3.00.